The van der Waals surface area contributed by atoms with Crippen LogP contribution in [0.3, 0.4) is 0 Å². The summed E-state index contributed by atoms with van der Waals surface area (Å²) in [6.45, 7) is 4.47. The molecule has 228 valence electrons. The maximum atomic E-state index is 14.7. The number of amides is 1. The van der Waals surface area contributed by atoms with Crippen molar-refractivity contribution in [3.05, 3.63) is 53.5 Å². The third kappa shape index (κ3) is 5.51. The Labute approximate surface area is 259 Å². The predicted octanol–water partition coefficient (Wildman–Crippen LogP) is 5.40. The van der Waals surface area contributed by atoms with Gasteiger partial charge in [-0.1, -0.05) is 17.7 Å². The van der Waals surface area contributed by atoms with Crippen LogP contribution in [0.15, 0.2) is 47.1 Å². The quantitative estimate of drug-likeness (QED) is 0.214. The van der Waals surface area contributed by atoms with E-state index >= 15 is 0 Å². The first kappa shape index (κ1) is 29.7. The first-order valence-corrected chi connectivity index (χ1v) is 15.0. The zero-order valence-corrected chi connectivity index (χ0v) is 25.4. The van der Waals surface area contributed by atoms with Gasteiger partial charge < -0.3 is 29.6 Å². The number of hydrogen-bond acceptors (Lipinski definition) is 9. The highest BCUT2D eigenvalue weighted by Crippen LogP contribution is 2.42. The minimum absolute atomic E-state index is 0.0580. The van der Waals surface area contributed by atoms with Gasteiger partial charge in [-0.05, 0) is 69.3 Å². The number of rotatable bonds is 7. The summed E-state index contributed by atoms with van der Waals surface area (Å²) >= 11 is 6.45. The van der Waals surface area contributed by atoms with Crippen molar-refractivity contribution in [2.75, 3.05) is 50.5 Å². The van der Waals surface area contributed by atoms with Crippen molar-refractivity contribution >= 4 is 50.9 Å². The molecule has 6 rings (SSSR count). The van der Waals surface area contributed by atoms with E-state index in [-0.39, 0.29) is 41.1 Å². The number of ether oxygens (including phenoxy) is 1. The second kappa shape index (κ2) is 12.3. The molecule has 0 unspecified atom stereocenters. The third-order valence-corrected chi connectivity index (χ3v) is 8.86. The van der Waals surface area contributed by atoms with E-state index < -0.39 is 5.82 Å². The van der Waals surface area contributed by atoms with Gasteiger partial charge in [0.2, 0.25) is 5.91 Å². The Bertz CT molecular complexity index is 1800. The number of furan rings is 1. The largest absolute Gasteiger partial charge is 0.463 e. The van der Waals surface area contributed by atoms with E-state index in [1.165, 1.54) is 12.1 Å². The van der Waals surface area contributed by atoms with Crippen molar-refractivity contribution in [2.24, 2.45) is 0 Å². The lowest BCUT2D eigenvalue weighted by Crippen LogP contribution is -2.55. The fourth-order valence-corrected chi connectivity index (χ4v) is 6.45. The number of nitrogens with two attached hydrogens (primary N) is 1. The molecule has 2 aliphatic rings. The van der Waals surface area contributed by atoms with Crippen LogP contribution in [0.25, 0.3) is 33.0 Å². The topological polar surface area (TPSA) is 125 Å². The maximum Gasteiger partial charge on any atom is 0.319 e. The van der Waals surface area contributed by atoms with Gasteiger partial charge in [-0.3, -0.25) is 4.79 Å². The average molecular weight is 618 g/mol. The molecule has 1 amide bonds. The SMILES string of the molecule is C/C=C/C(=O)N1CCN(c2nc(OC[C@@H]3CCCN3C)nc3cc(-c4cc(N)cc(F)c4Cl)c4ccoc4c23)C[C@@H]1CC#N. The lowest BCUT2D eigenvalue weighted by Gasteiger charge is -2.41. The van der Waals surface area contributed by atoms with Crippen molar-refractivity contribution in [3.63, 3.8) is 0 Å². The molecule has 0 aliphatic carbocycles. The van der Waals surface area contributed by atoms with Crippen molar-refractivity contribution < 1.29 is 18.3 Å². The first-order valence-electron chi connectivity index (χ1n) is 14.6. The average Bonchev–Trinajstić information content (AvgIpc) is 3.66. The molecule has 2 aliphatic heterocycles. The number of fused-ring (bicyclic) bond motifs is 3. The zero-order valence-electron chi connectivity index (χ0n) is 24.6. The lowest BCUT2D eigenvalue weighted by atomic mass is 9.98. The van der Waals surface area contributed by atoms with Crippen molar-refractivity contribution in [1.29, 1.82) is 5.26 Å². The number of nitrogens with zero attached hydrogens (tertiary/aromatic N) is 6. The van der Waals surface area contributed by atoms with Crippen molar-refractivity contribution in [1.82, 2.24) is 19.8 Å². The van der Waals surface area contributed by atoms with Gasteiger partial charge in [-0.2, -0.15) is 15.2 Å². The van der Waals surface area contributed by atoms with Crippen molar-refractivity contribution in [2.45, 2.75) is 38.3 Å². The number of anilines is 2. The zero-order chi connectivity index (χ0) is 31.0. The Kier molecular flexibility index (Phi) is 8.29. The van der Waals surface area contributed by atoms with Gasteiger partial charge in [0.05, 0.1) is 40.7 Å². The number of hydrogen-bond donors (Lipinski definition) is 1. The molecule has 2 atom stereocenters. The number of likely N-dealkylation sites (tertiary alicyclic amines) is 1. The molecule has 12 heteroatoms. The van der Waals surface area contributed by atoms with Crippen LogP contribution in [0.5, 0.6) is 6.01 Å². The normalized spacial score (nSPS) is 19.3. The highest BCUT2D eigenvalue weighted by atomic mass is 35.5. The molecule has 0 spiro atoms. The molecule has 2 fully saturated rings. The summed E-state index contributed by atoms with van der Waals surface area (Å²) in [6.07, 6.45) is 7.06. The van der Waals surface area contributed by atoms with Gasteiger partial charge in [-0.25, -0.2) is 4.39 Å². The van der Waals surface area contributed by atoms with E-state index in [9.17, 15) is 14.4 Å². The second-order valence-corrected chi connectivity index (χ2v) is 11.6. The Morgan fingerprint density at radius 3 is 2.84 bits per heavy atom. The number of carbonyl (C=O) groups excluding carboxylic acids is 1. The summed E-state index contributed by atoms with van der Waals surface area (Å²) in [5, 5.41) is 10.9. The number of likely N-dealkylation sites (N-methyl/N-ethyl adjacent to an activating group) is 1. The molecule has 0 radical (unpaired) electrons. The Morgan fingerprint density at radius 2 is 2.09 bits per heavy atom. The molecule has 2 aromatic heterocycles. The number of halogens is 2. The van der Waals surface area contributed by atoms with Crippen LogP contribution in [0.4, 0.5) is 15.9 Å². The van der Waals surface area contributed by atoms with Gasteiger partial charge in [0.25, 0.3) is 0 Å². The number of piperazine rings is 1. The molecular formula is C32H33ClFN7O3. The number of allylic oxidation sites excluding steroid dienone is 1. The fraction of sp³-hybridized carbons (Fsp3) is 0.375. The Morgan fingerprint density at radius 1 is 1.25 bits per heavy atom. The first-order chi connectivity index (χ1) is 21.3. The van der Waals surface area contributed by atoms with Gasteiger partial charge in [-0.15, -0.1) is 0 Å². The molecule has 2 N–H and O–H groups in total. The lowest BCUT2D eigenvalue weighted by molar-refractivity contribution is -0.128. The molecule has 0 saturated carbocycles. The Hall–Kier alpha value is -4.40. The predicted molar refractivity (Wildman–Crippen MR) is 168 cm³/mol. The maximum absolute atomic E-state index is 14.7. The van der Waals surface area contributed by atoms with Crippen LogP contribution in [-0.4, -0.2) is 77.6 Å². The van der Waals surface area contributed by atoms with E-state index in [1.807, 2.05) is 6.07 Å². The fourth-order valence-electron chi connectivity index (χ4n) is 6.24. The smallest absolute Gasteiger partial charge is 0.319 e. The highest BCUT2D eigenvalue weighted by Gasteiger charge is 2.32. The van der Waals surface area contributed by atoms with Crippen LogP contribution in [-0.2, 0) is 4.79 Å². The van der Waals surface area contributed by atoms with Gasteiger partial charge in [0.1, 0.15) is 23.8 Å². The van der Waals surface area contributed by atoms with Crippen LogP contribution < -0.4 is 15.4 Å². The van der Waals surface area contributed by atoms with E-state index in [0.29, 0.717) is 65.1 Å². The molecule has 44 heavy (non-hydrogen) atoms. The minimum Gasteiger partial charge on any atom is -0.463 e. The molecule has 2 saturated heterocycles. The molecule has 10 nitrogen and oxygen atoms in total. The summed E-state index contributed by atoms with van der Waals surface area (Å²) in [5.74, 6) is -0.184. The standard InChI is InChI=1S/C32H33ClFN7O3/c1-3-5-27(42)41-12-11-40(17-20(41)7-9-35)31-28-26(37-32(38-31)44-18-21-6-4-10-39(21)2)16-23(22-8-13-43-30(22)28)24-14-19(36)15-25(34)29(24)33/h3,5,8,13-16,20-21H,4,6-7,10-12,17-18,36H2,1-2H3/b5-3+/t20-,21-/m0/s1. The summed E-state index contributed by atoms with van der Waals surface area (Å²) in [7, 11) is 2.08. The number of aromatic nitrogens is 2. The van der Waals surface area contributed by atoms with Crippen LogP contribution in [0, 0.1) is 17.1 Å². The summed E-state index contributed by atoms with van der Waals surface area (Å²) < 4.78 is 27.0. The second-order valence-electron chi connectivity index (χ2n) is 11.3. The minimum atomic E-state index is -0.625. The summed E-state index contributed by atoms with van der Waals surface area (Å²) in [4.78, 5) is 28.6. The van der Waals surface area contributed by atoms with Gasteiger partial charge in [0.15, 0.2) is 0 Å². The molecule has 0 bridgehead atoms. The molecule has 4 aromatic rings. The number of benzene rings is 2. The van der Waals surface area contributed by atoms with Crippen LogP contribution in [0.2, 0.25) is 5.02 Å². The van der Waals surface area contributed by atoms with Crippen LogP contribution in [0.1, 0.15) is 26.2 Å². The van der Waals surface area contributed by atoms with E-state index in [2.05, 4.69) is 22.9 Å². The Balaban J connectivity index is 1.50. The molecule has 2 aromatic carbocycles. The van der Waals surface area contributed by atoms with Gasteiger partial charge >= 0.3 is 6.01 Å². The van der Waals surface area contributed by atoms with Gasteiger partial charge in [0, 0.05) is 42.3 Å². The highest BCUT2D eigenvalue weighted by molar-refractivity contribution is 6.34. The number of nitrogen functional groups attached to an aromatic ring is 1. The molecule has 4 heterocycles. The van der Waals surface area contributed by atoms with Crippen molar-refractivity contribution in [3.8, 4) is 23.2 Å². The summed E-state index contributed by atoms with van der Waals surface area (Å²) in [5.41, 5.74) is 8.28. The third-order valence-electron chi connectivity index (χ3n) is 8.48. The van der Waals surface area contributed by atoms with E-state index in [0.717, 1.165) is 19.4 Å². The summed E-state index contributed by atoms with van der Waals surface area (Å²) in [6, 6.07) is 8.75. The number of carbonyl (C=O) groups is 1. The molecular weight excluding hydrogens is 585 g/mol. The monoisotopic (exact) mass is 617 g/mol. The van der Waals surface area contributed by atoms with E-state index in [4.69, 9.17) is 36.5 Å². The van der Waals surface area contributed by atoms with E-state index in [1.54, 1.807) is 36.3 Å². The van der Waals surface area contributed by atoms with Crippen LogP contribution >= 0.6 is 11.6 Å². The number of nitriles is 1.